The van der Waals surface area contributed by atoms with Gasteiger partial charge >= 0.3 is 0 Å². The quantitative estimate of drug-likeness (QED) is 0.377. The molecule has 134 valence electrons. The Labute approximate surface area is 170 Å². The molecule has 0 fully saturated rings. The van der Waals surface area contributed by atoms with E-state index >= 15 is 0 Å². The van der Waals surface area contributed by atoms with Gasteiger partial charge in [0.1, 0.15) is 5.01 Å². The summed E-state index contributed by atoms with van der Waals surface area (Å²) in [6.07, 6.45) is 1.10. The molecule has 7 heteroatoms. The zero-order chi connectivity index (χ0) is 16.9. The number of guanidine groups is 1. The molecule has 2 aromatic rings. The highest BCUT2D eigenvalue weighted by molar-refractivity contribution is 14.0. The van der Waals surface area contributed by atoms with E-state index in [1.807, 2.05) is 11.3 Å². The van der Waals surface area contributed by atoms with E-state index in [-0.39, 0.29) is 29.4 Å². The minimum atomic E-state index is 0. The highest BCUT2D eigenvalue weighted by Gasteiger charge is 2.17. The van der Waals surface area contributed by atoms with Gasteiger partial charge in [0.25, 0.3) is 0 Å². The number of thiophene rings is 1. The van der Waals surface area contributed by atoms with Crippen molar-refractivity contribution in [1.82, 2.24) is 15.6 Å². The van der Waals surface area contributed by atoms with E-state index < -0.39 is 0 Å². The van der Waals surface area contributed by atoms with Gasteiger partial charge in [0, 0.05) is 27.6 Å². The highest BCUT2D eigenvalue weighted by atomic mass is 127. The summed E-state index contributed by atoms with van der Waals surface area (Å²) in [5.74, 6) is 0.809. The van der Waals surface area contributed by atoms with Gasteiger partial charge in [-0.1, -0.05) is 27.7 Å². The lowest BCUT2D eigenvalue weighted by molar-refractivity contribution is 0.570. The second-order valence-corrected chi connectivity index (χ2v) is 8.57. The smallest absolute Gasteiger partial charge is 0.191 e. The van der Waals surface area contributed by atoms with E-state index in [0.29, 0.717) is 6.54 Å². The van der Waals surface area contributed by atoms with Crippen LogP contribution in [0.5, 0.6) is 0 Å². The van der Waals surface area contributed by atoms with Gasteiger partial charge in [-0.3, -0.25) is 4.99 Å². The van der Waals surface area contributed by atoms with Gasteiger partial charge in [-0.2, -0.15) is 0 Å². The van der Waals surface area contributed by atoms with Crippen molar-refractivity contribution in [1.29, 1.82) is 0 Å². The standard InChI is InChI=1S/C17H26N4S2.HI/c1-6-12-7-8-13(23-12)9-19-16(18-5)20-10-15-21-14(11-22-15)17(2,3)4;/h7-8,11H,6,9-10H2,1-5H3,(H2,18,19,20);1H. The van der Waals surface area contributed by atoms with E-state index in [0.717, 1.165) is 29.6 Å². The third kappa shape index (κ3) is 6.33. The lowest BCUT2D eigenvalue weighted by atomic mass is 9.93. The van der Waals surface area contributed by atoms with Crippen LogP contribution in [0.2, 0.25) is 0 Å². The molecule has 0 amide bonds. The second kappa shape index (κ2) is 9.72. The van der Waals surface area contributed by atoms with Gasteiger partial charge in [0.05, 0.1) is 18.8 Å². The first-order valence-corrected chi connectivity index (χ1v) is 9.59. The van der Waals surface area contributed by atoms with Gasteiger partial charge in [-0.05, 0) is 18.6 Å². The fourth-order valence-electron chi connectivity index (χ4n) is 1.99. The molecule has 0 unspecified atom stereocenters. The summed E-state index contributed by atoms with van der Waals surface area (Å²) < 4.78 is 0. The van der Waals surface area contributed by atoms with Crippen molar-refractivity contribution in [2.24, 2.45) is 4.99 Å². The third-order valence-electron chi connectivity index (χ3n) is 3.45. The average Bonchev–Trinajstić information content (AvgIpc) is 3.15. The van der Waals surface area contributed by atoms with Gasteiger partial charge in [-0.15, -0.1) is 46.7 Å². The summed E-state index contributed by atoms with van der Waals surface area (Å²) in [5.41, 5.74) is 1.25. The zero-order valence-corrected chi connectivity index (χ0v) is 18.9. The number of hydrogen-bond acceptors (Lipinski definition) is 4. The first-order chi connectivity index (χ1) is 10.9. The molecule has 4 nitrogen and oxygen atoms in total. The molecule has 0 saturated carbocycles. The summed E-state index contributed by atoms with van der Waals surface area (Å²) in [7, 11) is 1.80. The Kier molecular flexibility index (Phi) is 8.66. The molecule has 0 aliphatic carbocycles. The molecule has 2 rings (SSSR count). The summed E-state index contributed by atoms with van der Waals surface area (Å²) in [6, 6.07) is 4.38. The van der Waals surface area contributed by atoms with Gasteiger partial charge in [-0.25, -0.2) is 4.98 Å². The highest BCUT2D eigenvalue weighted by Crippen LogP contribution is 2.23. The lowest BCUT2D eigenvalue weighted by Gasteiger charge is -2.14. The average molecular weight is 478 g/mol. The van der Waals surface area contributed by atoms with Crippen LogP contribution in [0.4, 0.5) is 0 Å². The van der Waals surface area contributed by atoms with Crippen LogP contribution in [-0.4, -0.2) is 18.0 Å². The van der Waals surface area contributed by atoms with Crippen LogP contribution in [0.25, 0.3) is 0 Å². The van der Waals surface area contributed by atoms with Crippen molar-refractivity contribution in [2.75, 3.05) is 7.05 Å². The maximum absolute atomic E-state index is 4.70. The van der Waals surface area contributed by atoms with Crippen LogP contribution in [0.1, 0.15) is 48.2 Å². The number of aryl methyl sites for hydroxylation is 1. The monoisotopic (exact) mass is 478 g/mol. The first kappa shape index (κ1) is 21.4. The molecular formula is C17H27IN4S2. The molecule has 2 heterocycles. The Morgan fingerprint density at radius 2 is 1.83 bits per heavy atom. The zero-order valence-electron chi connectivity index (χ0n) is 15.0. The summed E-state index contributed by atoms with van der Waals surface area (Å²) in [5, 5.41) is 9.92. The van der Waals surface area contributed by atoms with Crippen LogP contribution in [-0.2, 0) is 24.9 Å². The van der Waals surface area contributed by atoms with Crippen molar-refractivity contribution in [3.63, 3.8) is 0 Å². The fraction of sp³-hybridized carbons (Fsp3) is 0.529. The van der Waals surface area contributed by atoms with E-state index in [9.17, 15) is 0 Å². The van der Waals surface area contributed by atoms with Crippen molar-refractivity contribution in [3.8, 4) is 0 Å². The topological polar surface area (TPSA) is 49.3 Å². The molecule has 0 radical (unpaired) electrons. The Morgan fingerprint density at radius 1 is 1.17 bits per heavy atom. The summed E-state index contributed by atoms with van der Waals surface area (Å²) in [4.78, 5) is 11.7. The molecule has 0 spiro atoms. The van der Waals surface area contributed by atoms with Crippen LogP contribution < -0.4 is 10.6 Å². The predicted molar refractivity (Wildman–Crippen MR) is 117 cm³/mol. The van der Waals surface area contributed by atoms with Crippen molar-refractivity contribution in [2.45, 2.75) is 52.6 Å². The lowest BCUT2D eigenvalue weighted by Crippen LogP contribution is -2.36. The van der Waals surface area contributed by atoms with Crippen LogP contribution >= 0.6 is 46.7 Å². The number of aromatic nitrogens is 1. The van der Waals surface area contributed by atoms with Crippen LogP contribution in [0.3, 0.4) is 0 Å². The molecule has 0 bridgehead atoms. The summed E-state index contributed by atoms with van der Waals surface area (Å²) in [6.45, 7) is 10.2. The number of rotatable bonds is 5. The molecular weight excluding hydrogens is 451 g/mol. The molecule has 0 saturated heterocycles. The Balaban J connectivity index is 0.00000288. The van der Waals surface area contributed by atoms with E-state index in [2.05, 4.69) is 60.8 Å². The summed E-state index contributed by atoms with van der Waals surface area (Å²) >= 11 is 3.55. The molecule has 0 aromatic carbocycles. The second-order valence-electron chi connectivity index (χ2n) is 6.38. The predicted octanol–water partition coefficient (Wildman–Crippen LogP) is 4.55. The van der Waals surface area contributed by atoms with Crippen LogP contribution in [0, 0.1) is 0 Å². The third-order valence-corrected chi connectivity index (χ3v) is 5.53. The molecule has 24 heavy (non-hydrogen) atoms. The SMILES string of the molecule is CCc1ccc(CNC(=NC)NCc2nc(C(C)(C)C)cs2)s1.I. The normalized spacial score (nSPS) is 12.0. The van der Waals surface area contributed by atoms with Crippen molar-refractivity contribution in [3.05, 3.63) is 38.0 Å². The number of halogens is 1. The molecule has 0 aliphatic rings. The van der Waals surface area contributed by atoms with Gasteiger partial charge < -0.3 is 10.6 Å². The fourth-order valence-corrected chi connectivity index (χ4v) is 3.85. The van der Waals surface area contributed by atoms with Gasteiger partial charge in [0.2, 0.25) is 0 Å². The number of thiazole rings is 1. The molecule has 2 N–H and O–H groups in total. The Morgan fingerprint density at radius 3 is 2.38 bits per heavy atom. The van der Waals surface area contributed by atoms with Gasteiger partial charge in [0.15, 0.2) is 5.96 Å². The van der Waals surface area contributed by atoms with Crippen molar-refractivity contribution < 1.29 is 0 Å². The number of nitrogens with zero attached hydrogens (tertiary/aromatic N) is 2. The largest absolute Gasteiger partial charge is 0.352 e. The Bertz CT molecular complexity index is 656. The number of aliphatic imine (C=N–C) groups is 1. The molecule has 2 aromatic heterocycles. The van der Waals surface area contributed by atoms with E-state index in [4.69, 9.17) is 4.98 Å². The maximum atomic E-state index is 4.70. The molecule has 0 aliphatic heterocycles. The van der Waals surface area contributed by atoms with E-state index in [1.165, 1.54) is 9.75 Å². The minimum absolute atomic E-state index is 0. The van der Waals surface area contributed by atoms with E-state index in [1.54, 1.807) is 18.4 Å². The Hall–Kier alpha value is -0.670. The van der Waals surface area contributed by atoms with Crippen LogP contribution in [0.15, 0.2) is 22.5 Å². The first-order valence-electron chi connectivity index (χ1n) is 7.89. The van der Waals surface area contributed by atoms with Crippen molar-refractivity contribution >= 4 is 52.6 Å². The minimum Gasteiger partial charge on any atom is -0.352 e. The maximum Gasteiger partial charge on any atom is 0.191 e. The number of nitrogens with one attached hydrogen (secondary N) is 2. The number of hydrogen-bond donors (Lipinski definition) is 2. The molecule has 0 atom stereocenters.